The zero-order valence-corrected chi connectivity index (χ0v) is 19.0. The Morgan fingerprint density at radius 2 is 1.72 bits per heavy atom. The molecule has 0 heterocycles. The predicted octanol–water partition coefficient (Wildman–Crippen LogP) is 3.64. The molecule has 0 aliphatic heterocycles. The Labute approximate surface area is 182 Å². The maximum Gasteiger partial charge on any atom is 0.251 e. The van der Waals surface area contributed by atoms with E-state index in [0.717, 1.165) is 19.2 Å². The molecule has 1 N–H and O–H groups in total. The molecule has 0 saturated carbocycles. The van der Waals surface area contributed by atoms with E-state index >= 15 is 0 Å². The van der Waals surface area contributed by atoms with Gasteiger partial charge >= 0.3 is 0 Å². The van der Waals surface area contributed by atoms with Gasteiger partial charge in [-0.05, 0) is 63.0 Å². The van der Waals surface area contributed by atoms with E-state index in [1.165, 1.54) is 4.31 Å². The number of benzene rings is 2. The van der Waals surface area contributed by atoms with Gasteiger partial charge in [-0.2, -0.15) is 0 Å². The largest absolute Gasteiger partial charge is 0.352 e. The molecular weight excluding hydrogens is 433 g/mol. The van der Waals surface area contributed by atoms with E-state index in [-0.39, 0.29) is 12.5 Å². The second kappa shape index (κ2) is 10.3. The van der Waals surface area contributed by atoms with E-state index in [0.29, 0.717) is 33.4 Å². The van der Waals surface area contributed by atoms with Gasteiger partial charge in [0.25, 0.3) is 5.91 Å². The van der Waals surface area contributed by atoms with Gasteiger partial charge in [0.1, 0.15) is 0 Å². The second-order valence-corrected chi connectivity index (χ2v) is 9.63. The Morgan fingerprint density at radius 3 is 2.31 bits per heavy atom. The molecule has 0 aliphatic carbocycles. The van der Waals surface area contributed by atoms with Crippen molar-refractivity contribution in [3.63, 3.8) is 0 Å². The molecule has 0 bridgehead atoms. The number of hydrogen-bond acceptors (Lipinski definition) is 4. The Bertz CT molecular complexity index is 948. The zero-order valence-electron chi connectivity index (χ0n) is 16.7. The molecule has 0 spiro atoms. The second-order valence-electron chi connectivity index (χ2n) is 6.94. The topological polar surface area (TPSA) is 69.7 Å². The summed E-state index contributed by atoms with van der Waals surface area (Å²) < 4.78 is 25.9. The van der Waals surface area contributed by atoms with Crippen molar-refractivity contribution >= 4 is 44.8 Å². The number of carbonyl (C=O) groups excluding carboxylic acids is 1. The van der Waals surface area contributed by atoms with Crippen molar-refractivity contribution in [1.82, 2.24) is 10.2 Å². The van der Waals surface area contributed by atoms with Gasteiger partial charge in [-0.3, -0.25) is 9.10 Å². The van der Waals surface area contributed by atoms with Crippen LogP contribution in [0.15, 0.2) is 42.5 Å². The SMILES string of the molecule is CN(C)CCCNC(=O)c1ccc(N(Cc2cccc(Cl)c2Cl)S(C)(=O)=O)cc1. The molecule has 2 aromatic carbocycles. The highest BCUT2D eigenvalue weighted by atomic mass is 35.5. The lowest BCUT2D eigenvalue weighted by Crippen LogP contribution is -2.30. The van der Waals surface area contributed by atoms with Gasteiger partial charge in [0.15, 0.2) is 0 Å². The monoisotopic (exact) mass is 457 g/mol. The Hall–Kier alpha value is -1.80. The molecule has 2 rings (SSSR count). The predicted molar refractivity (Wildman–Crippen MR) is 119 cm³/mol. The average Bonchev–Trinajstić information content (AvgIpc) is 2.65. The fraction of sp³-hybridized carbons (Fsp3) is 0.350. The number of carbonyl (C=O) groups is 1. The Kier molecular flexibility index (Phi) is 8.34. The molecular formula is C20H25Cl2N3O3S. The fourth-order valence-electron chi connectivity index (χ4n) is 2.70. The quantitative estimate of drug-likeness (QED) is 0.583. The molecule has 158 valence electrons. The standard InChI is InChI=1S/C20H25Cl2N3O3S/c1-24(2)13-5-12-23-20(26)15-8-10-17(11-9-15)25(29(3,27)28)14-16-6-4-7-18(21)19(16)22/h4,6-11H,5,12-14H2,1-3H3,(H,23,26). The highest BCUT2D eigenvalue weighted by Crippen LogP contribution is 2.29. The molecule has 1 amide bonds. The minimum atomic E-state index is -3.58. The fourth-order valence-corrected chi connectivity index (χ4v) is 3.96. The van der Waals surface area contributed by atoms with Crippen molar-refractivity contribution in [2.45, 2.75) is 13.0 Å². The number of nitrogens with one attached hydrogen (secondary N) is 1. The van der Waals surface area contributed by atoms with Crippen LogP contribution in [0.1, 0.15) is 22.3 Å². The van der Waals surface area contributed by atoms with Crippen LogP contribution < -0.4 is 9.62 Å². The van der Waals surface area contributed by atoms with E-state index in [1.54, 1.807) is 42.5 Å². The van der Waals surface area contributed by atoms with E-state index in [2.05, 4.69) is 5.32 Å². The third-order valence-electron chi connectivity index (χ3n) is 4.23. The summed E-state index contributed by atoms with van der Waals surface area (Å²) >= 11 is 12.2. The lowest BCUT2D eigenvalue weighted by Gasteiger charge is -2.23. The first-order chi connectivity index (χ1) is 13.6. The van der Waals surface area contributed by atoms with Crippen molar-refractivity contribution in [3.05, 3.63) is 63.6 Å². The lowest BCUT2D eigenvalue weighted by molar-refractivity contribution is 0.0952. The summed E-state index contributed by atoms with van der Waals surface area (Å²) in [7, 11) is 0.375. The number of rotatable bonds is 9. The number of nitrogens with zero attached hydrogens (tertiary/aromatic N) is 2. The van der Waals surface area contributed by atoms with Crippen molar-refractivity contribution < 1.29 is 13.2 Å². The van der Waals surface area contributed by atoms with Crippen LogP contribution in [0.25, 0.3) is 0 Å². The van der Waals surface area contributed by atoms with Gasteiger partial charge in [-0.1, -0.05) is 35.3 Å². The molecule has 0 saturated heterocycles. The van der Waals surface area contributed by atoms with Gasteiger partial charge in [-0.25, -0.2) is 8.42 Å². The number of anilines is 1. The first kappa shape index (κ1) is 23.5. The van der Waals surface area contributed by atoms with Crippen molar-refractivity contribution in [2.75, 3.05) is 37.7 Å². The molecule has 0 fully saturated rings. The van der Waals surface area contributed by atoms with E-state index in [1.807, 2.05) is 19.0 Å². The maximum atomic E-state index is 12.3. The molecule has 29 heavy (non-hydrogen) atoms. The molecule has 0 atom stereocenters. The molecule has 0 radical (unpaired) electrons. The van der Waals surface area contributed by atoms with Gasteiger partial charge in [0.2, 0.25) is 10.0 Å². The van der Waals surface area contributed by atoms with Gasteiger partial charge in [-0.15, -0.1) is 0 Å². The molecule has 0 aromatic heterocycles. The summed E-state index contributed by atoms with van der Waals surface area (Å²) in [5, 5.41) is 3.53. The Balaban J connectivity index is 2.15. The minimum Gasteiger partial charge on any atom is -0.352 e. The van der Waals surface area contributed by atoms with Crippen LogP contribution in [-0.4, -0.2) is 52.7 Å². The first-order valence-corrected chi connectivity index (χ1v) is 11.6. The van der Waals surface area contributed by atoms with Crippen LogP contribution in [0.5, 0.6) is 0 Å². The molecule has 9 heteroatoms. The van der Waals surface area contributed by atoms with Crippen LogP contribution in [0, 0.1) is 0 Å². The molecule has 2 aromatic rings. The normalized spacial score (nSPS) is 11.5. The van der Waals surface area contributed by atoms with Crippen molar-refractivity contribution in [1.29, 1.82) is 0 Å². The third-order valence-corrected chi connectivity index (χ3v) is 6.23. The molecule has 6 nitrogen and oxygen atoms in total. The van der Waals surface area contributed by atoms with Gasteiger partial charge < -0.3 is 10.2 Å². The number of hydrogen-bond donors (Lipinski definition) is 1. The minimum absolute atomic E-state index is 0.0360. The number of sulfonamides is 1. The first-order valence-electron chi connectivity index (χ1n) is 9.03. The summed E-state index contributed by atoms with van der Waals surface area (Å²) in [6.07, 6.45) is 1.97. The van der Waals surface area contributed by atoms with Gasteiger partial charge in [0, 0.05) is 12.1 Å². The zero-order chi connectivity index (χ0) is 21.6. The maximum absolute atomic E-state index is 12.3. The molecule has 0 unspecified atom stereocenters. The summed E-state index contributed by atoms with van der Waals surface area (Å²) in [6.45, 7) is 1.49. The number of amides is 1. The highest BCUT2D eigenvalue weighted by molar-refractivity contribution is 7.92. The number of halogens is 2. The summed E-state index contributed by atoms with van der Waals surface area (Å²) in [5.74, 6) is -0.195. The van der Waals surface area contributed by atoms with Crippen LogP contribution in [0.3, 0.4) is 0 Å². The average molecular weight is 458 g/mol. The lowest BCUT2D eigenvalue weighted by atomic mass is 10.1. The van der Waals surface area contributed by atoms with Crippen LogP contribution in [0.2, 0.25) is 10.0 Å². The summed E-state index contributed by atoms with van der Waals surface area (Å²) in [6, 6.07) is 11.5. The van der Waals surface area contributed by atoms with Crippen LogP contribution >= 0.6 is 23.2 Å². The van der Waals surface area contributed by atoms with Gasteiger partial charge in [0.05, 0.1) is 28.5 Å². The molecule has 0 aliphatic rings. The smallest absolute Gasteiger partial charge is 0.251 e. The van der Waals surface area contributed by atoms with E-state index in [9.17, 15) is 13.2 Å². The third kappa shape index (κ3) is 6.89. The van der Waals surface area contributed by atoms with Crippen molar-refractivity contribution in [2.24, 2.45) is 0 Å². The van der Waals surface area contributed by atoms with Crippen molar-refractivity contribution in [3.8, 4) is 0 Å². The van der Waals surface area contributed by atoms with Crippen LogP contribution in [-0.2, 0) is 16.6 Å². The summed E-state index contributed by atoms with van der Waals surface area (Å²) in [5.41, 5.74) is 1.49. The Morgan fingerprint density at radius 1 is 1.07 bits per heavy atom. The highest BCUT2D eigenvalue weighted by Gasteiger charge is 2.20. The summed E-state index contributed by atoms with van der Waals surface area (Å²) in [4.78, 5) is 14.3. The van der Waals surface area contributed by atoms with E-state index < -0.39 is 10.0 Å². The van der Waals surface area contributed by atoms with Crippen LogP contribution in [0.4, 0.5) is 5.69 Å². The van der Waals surface area contributed by atoms with E-state index in [4.69, 9.17) is 23.2 Å².